The third-order valence-electron chi connectivity index (χ3n) is 2.66. The van der Waals surface area contributed by atoms with E-state index in [0.29, 0.717) is 5.92 Å². The molecule has 4 nitrogen and oxygen atoms in total. The lowest BCUT2D eigenvalue weighted by molar-refractivity contribution is -0.119. The van der Waals surface area contributed by atoms with Crippen LogP contribution in [0.2, 0.25) is 0 Å². The van der Waals surface area contributed by atoms with E-state index in [4.69, 9.17) is 5.11 Å². The summed E-state index contributed by atoms with van der Waals surface area (Å²) in [6.07, 6.45) is 2.35. The Hall–Kier alpha value is -0.610. The molecule has 1 amide bonds. The standard InChI is InChI=1S/C10H20N2O2/c1-9(14)11-7-10-3-2-4-12(8-10)5-6-13/h10,13H,2-8H2,1H3,(H,11,14). The minimum absolute atomic E-state index is 0.0456. The van der Waals surface area contributed by atoms with Crippen molar-refractivity contribution in [3.05, 3.63) is 0 Å². The molecule has 0 aromatic heterocycles. The predicted octanol–water partition coefficient (Wildman–Crippen LogP) is -0.173. The molecule has 0 aliphatic carbocycles. The van der Waals surface area contributed by atoms with Gasteiger partial charge in [0.25, 0.3) is 0 Å². The van der Waals surface area contributed by atoms with Crippen LogP contribution in [0, 0.1) is 5.92 Å². The molecule has 82 valence electrons. The van der Waals surface area contributed by atoms with E-state index >= 15 is 0 Å². The van der Waals surface area contributed by atoms with E-state index in [-0.39, 0.29) is 12.5 Å². The fraction of sp³-hybridized carbons (Fsp3) is 0.900. The molecule has 14 heavy (non-hydrogen) atoms. The average molecular weight is 200 g/mol. The molecule has 2 N–H and O–H groups in total. The van der Waals surface area contributed by atoms with Gasteiger partial charge in [-0.15, -0.1) is 0 Å². The number of β-amino-alcohol motifs (C(OH)–C–C–N with tert-alkyl or cyclic N) is 1. The number of carbonyl (C=O) groups is 1. The highest BCUT2D eigenvalue weighted by Crippen LogP contribution is 2.14. The number of nitrogens with zero attached hydrogens (tertiary/aromatic N) is 1. The first-order valence-electron chi connectivity index (χ1n) is 5.30. The van der Waals surface area contributed by atoms with E-state index < -0.39 is 0 Å². The number of likely N-dealkylation sites (tertiary alicyclic amines) is 1. The first kappa shape index (κ1) is 11.5. The highest BCUT2D eigenvalue weighted by molar-refractivity contribution is 5.72. The minimum atomic E-state index is 0.0456. The van der Waals surface area contributed by atoms with Crippen LogP contribution in [0.3, 0.4) is 0 Å². The molecule has 0 aromatic carbocycles. The van der Waals surface area contributed by atoms with Crippen molar-refractivity contribution in [1.29, 1.82) is 0 Å². The number of piperidine rings is 1. The summed E-state index contributed by atoms with van der Waals surface area (Å²) in [5.41, 5.74) is 0. The van der Waals surface area contributed by atoms with Gasteiger partial charge in [-0.2, -0.15) is 0 Å². The summed E-state index contributed by atoms with van der Waals surface area (Å²) < 4.78 is 0. The van der Waals surface area contributed by atoms with Crippen LogP contribution in [0.1, 0.15) is 19.8 Å². The third-order valence-corrected chi connectivity index (χ3v) is 2.66. The summed E-state index contributed by atoms with van der Waals surface area (Å²) in [6.45, 7) is 5.40. The van der Waals surface area contributed by atoms with Crippen molar-refractivity contribution in [3.8, 4) is 0 Å². The van der Waals surface area contributed by atoms with Crippen LogP contribution in [-0.2, 0) is 4.79 Å². The number of carbonyl (C=O) groups excluding carboxylic acids is 1. The van der Waals surface area contributed by atoms with Crippen molar-refractivity contribution >= 4 is 5.91 Å². The van der Waals surface area contributed by atoms with Crippen LogP contribution < -0.4 is 5.32 Å². The Labute approximate surface area is 85.3 Å². The fourth-order valence-electron chi connectivity index (χ4n) is 1.95. The number of rotatable bonds is 4. The van der Waals surface area contributed by atoms with Gasteiger partial charge in [0.2, 0.25) is 5.91 Å². The van der Waals surface area contributed by atoms with Gasteiger partial charge in [-0.25, -0.2) is 0 Å². The highest BCUT2D eigenvalue weighted by atomic mass is 16.3. The van der Waals surface area contributed by atoms with E-state index in [1.165, 1.54) is 12.8 Å². The fourth-order valence-corrected chi connectivity index (χ4v) is 1.95. The van der Waals surface area contributed by atoms with Crippen LogP contribution in [0.5, 0.6) is 0 Å². The Morgan fingerprint density at radius 2 is 2.43 bits per heavy atom. The van der Waals surface area contributed by atoms with Crippen molar-refractivity contribution in [3.63, 3.8) is 0 Å². The van der Waals surface area contributed by atoms with Crippen molar-refractivity contribution in [2.45, 2.75) is 19.8 Å². The van der Waals surface area contributed by atoms with Gasteiger partial charge in [-0.3, -0.25) is 4.79 Å². The number of amides is 1. The van der Waals surface area contributed by atoms with Gasteiger partial charge >= 0.3 is 0 Å². The monoisotopic (exact) mass is 200 g/mol. The average Bonchev–Trinajstić information content (AvgIpc) is 2.16. The predicted molar refractivity (Wildman–Crippen MR) is 54.9 cm³/mol. The number of nitrogens with one attached hydrogen (secondary N) is 1. The number of aliphatic hydroxyl groups is 1. The van der Waals surface area contributed by atoms with Crippen LogP contribution in [0.4, 0.5) is 0 Å². The van der Waals surface area contributed by atoms with E-state index in [1.807, 2.05) is 0 Å². The molecule has 4 heteroatoms. The Morgan fingerprint density at radius 3 is 3.07 bits per heavy atom. The Morgan fingerprint density at radius 1 is 1.64 bits per heavy atom. The van der Waals surface area contributed by atoms with Crippen LogP contribution in [-0.4, -0.2) is 48.7 Å². The maximum Gasteiger partial charge on any atom is 0.216 e. The molecule has 1 rings (SSSR count). The van der Waals surface area contributed by atoms with E-state index in [2.05, 4.69) is 10.2 Å². The second kappa shape index (κ2) is 5.98. The van der Waals surface area contributed by atoms with Crippen molar-refractivity contribution in [2.75, 3.05) is 32.8 Å². The van der Waals surface area contributed by atoms with Gasteiger partial charge in [0.1, 0.15) is 0 Å². The Balaban J connectivity index is 2.21. The van der Waals surface area contributed by atoms with E-state index in [0.717, 1.165) is 26.2 Å². The first-order valence-corrected chi connectivity index (χ1v) is 5.30. The second-order valence-electron chi connectivity index (χ2n) is 3.97. The normalized spacial score (nSPS) is 23.4. The minimum Gasteiger partial charge on any atom is -0.395 e. The molecule has 0 saturated carbocycles. The molecule has 1 fully saturated rings. The highest BCUT2D eigenvalue weighted by Gasteiger charge is 2.19. The number of aliphatic hydroxyl groups excluding tert-OH is 1. The first-order chi connectivity index (χ1) is 6.72. The SMILES string of the molecule is CC(=O)NCC1CCCN(CCO)C1. The molecule has 1 saturated heterocycles. The molecule has 0 spiro atoms. The van der Waals surface area contributed by atoms with E-state index in [1.54, 1.807) is 6.92 Å². The second-order valence-corrected chi connectivity index (χ2v) is 3.97. The van der Waals surface area contributed by atoms with Crippen LogP contribution in [0.15, 0.2) is 0 Å². The molecule has 0 bridgehead atoms. The van der Waals surface area contributed by atoms with Gasteiger partial charge in [0.05, 0.1) is 6.61 Å². The molecular weight excluding hydrogens is 180 g/mol. The molecule has 1 aliphatic rings. The van der Waals surface area contributed by atoms with Crippen LogP contribution >= 0.6 is 0 Å². The molecular formula is C10H20N2O2. The zero-order valence-corrected chi connectivity index (χ0v) is 8.83. The van der Waals surface area contributed by atoms with Gasteiger partial charge in [0.15, 0.2) is 0 Å². The zero-order valence-electron chi connectivity index (χ0n) is 8.83. The van der Waals surface area contributed by atoms with Crippen molar-refractivity contribution in [2.24, 2.45) is 5.92 Å². The van der Waals surface area contributed by atoms with Gasteiger partial charge in [-0.05, 0) is 25.3 Å². The molecule has 1 aliphatic heterocycles. The summed E-state index contributed by atoms with van der Waals surface area (Å²) in [7, 11) is 0. The lowest BCUT2D eigenvalue weighted by Gasteiger charge is -2.32. The smallest absolute Gasteiger partial charge is 0.216 e. The van der Waals surface area contributed by atoms with Crippen molar-refractivity contribution in [1.82, 2.24) is 10.2 Å². The zero-order chi connectivity index (χ0) is 10.4. The van der Waals surface area contributed by atoms with E-state index in [9.17, 15) is 4.79 Å². The molecule has 0 radical (unpaired) electrons. The summed E-state index contributed by atoms with van der Waals surface area (Å²) >= 11 is 0. The molecule has 1 atom stereocenters. The quantitative estimate of drug-likeness (QED) is 0.662. The molecule has 1 unspecified atom stereocenters. The lowest BCUT2D eigenvalue weighted by atomic mass is 9.98. The topological polar surface area (TPSA) is 52.6 Å². The van der Waals surface area contributed by atoms with Crippen LogP contribution in [0.25, 0.3) is 0 Å². The van der Waals surface area contributed by atoms with Gasteiger partial charge in [0, 0.05) is 26.6 Å². The molecule has 1 heterocycles. The maximum absolute atomic E-state index is 10.7. The van der Waals surface area contributed by atoms with Gasteiger partial charge < -0.3 is 15.3 Å². The van der Waals surface area contributed by atoms with Crippen molar-refractivity contribution < 1.29 is 9.90 Å². The summed E-state index contributed by atoms with van der Waals surface area (Å²) in [4.78, 5) is 13.0. The lowest BCUT2D eigenvalue weighted by Crippen LogP contribution is -2.41. The Bertz CT molecular complexity index is 183. The number of hydrogen-bond donors (Lipinski definition) is 2. The Kier molecular flexibility index (Phi) is 4.90. The summed E-state index contributed by atoms with van der Waals surface area (Å²) in [5.74, 6) is 0.600. The largest absolute Gasteiger partial charge is 0.395 e. The summed E-state index contributed by atoms with van der Waals surface area (Å²) in [6, 6.07) is 0. The maximum atomic E-state index is 10.7. The van der Waals surface area contributed by atoms with Gasteiger partial charge in [-0.1, -0.05) is 0 Å². The third kappa shape index (κ3) is 4.07. The number of hydrogen-bond acceptors (Lipinski definition) is 3. The molecule has 0 aromatic rings. The summed E-state index contributed by atoms with van der Waals surface area (Å²) in [5, 5.41) is 11.7.